The molecular weight excluding hydrogens is 244 g/mol. The molecule has 1 aromatic rings. The minimum Gasteiger partial charge on any atom is -0.311 e. The molecule has 0 aliphatic carbocycles. The summed E-state index contributed by atoms with van der Waals surface area (Å²) in [6, 6.07) is 12.2. The Balaban J connectivity index is 1.70. The third kappa shape index (κ3) is 5.26. The van der Waals surface area contributed by atoms with Gasteiger partial charge < -0.3 is 10.2 Å². The van der Waals surface area contributed by atoms with Gasteiger partial charge in [-0.15, -0.1) is 0 Å². The third-order valence-corrected chi connectivity index (χ3v) is 4.50. The summed E-state index contributed by atoms with van der Waals surface area (Å²) >= 11 is 0. The van der Waals surface area contributed by atoms with Gasteiger partial charge in [-0.25, -0.2) is 0 Å². The summed E-state index contributed by atoms with van der Waals surface area (Å²) in [6.07, 6.45) is 6.41. The molecule has 0 saturated carbocycles. The fourth-order valence-corrected chi connectivity index (χ4v) is 3.15. The highest BCUT2D eigenvalue weighted by Gasteiger charge is 2.17. The van der Waals surface area contributed by atoms with Gasteiger partial charge in [0, 0.05) is 12.1 Å². The molecule has 0 amide bonds. The minimum absolute atomic E-state index is 0.619. The van der Waals surface area contributed by atoms with Crippen LogP contribution in [-0.4, -0.2) is 36.6 Å². The van der Waals surface area contributed by atoms with Crippen LogP contribution in [-0.2, 0) is 6.42 Å². The molecule has 1 N–H and O–H groups in total. The zero-order valence-electron chi connectivity index (χ0n) is 13.1. The maximum absolute atomic E-state index is 3.85. The van der Waals surface area contributed by atoms with Gasteiger partial charge in [0.1, 0.15) is 0 Å². The van der Waals surface area contributed by atoms with Crippen molar-refractivity contribution in [2.75, 3.05) is 19.6 Å². The number of nitrogens with zero attached hydrogens (tertiary/aromatic N) is 1. The van der Waals surface area contributed by atoms with E-state index < -0.39 is 0 Å². The van der Waals surface area contributed by atoms with E-state index in [9.17, 15) is 0 Å². The van der Waals surface area contributed by atoms with E-state index in [2.05, 4.69) is 54.4 Å². The Morgan fingerprint density at radius 3 is 2.75 bits per heavy atom. The molecule has 2 heteroatoms. The molecule has 0 bridgehead atoms. The topological polar surface area (TPSA) is 15.3 Å². The number of likely N-dealkylation sites (tertiary alicyclic amines) is 1. The zero-order valence-corrected chi connectivity index (χ0v) is 13.1. The average molecular weight is 274 g/mol. The van der Waals surface area contributed by atoms with E-state index >= 15 is 0 Å². The van der Waals surface area contributed by atoms with Crippen molar-refractivity contribution in [2.24, 2.45) is 0 Å². The second-order valence-electron chi connectivity index (χ2n) is 6.15. The monoisotopic (exact) mass is 274 g/mol. The lowest BCUT2D eigenvalue weighted by atomic mass is 10.0. The Morgan fingerprint density at radius 2 is 2.00 bits per heavy atom. The van der Waals surface area contributed by atoms with Crippen LogP contribution in [0.5, 0.6) is 0 Å². The van der Waals surface area contributed by atoms with Crippen molar-refractivity contribution in [3.63, 3.8) is 0 Å². The fraction of sp³-hybridized carbons (Fsp3) is 0.667. The molecule has 2 unspecified atom stereocenters. The molecule has 2 atom stereocenters. The molecule has 20 heavy (non-hydrogen) atoms. The Bertz CT molecular complexity index is 363. The van der Waals surface area contributed by atoms with E-state index in [0.717, 1.165) is 6.04 Å². The number of benzene rings is 1. The summed E-state index contributed by atoms with van der Waals surface area (Å²) in [5.41, 5.74) is 1.46. The quantitative estimate of drug-likeness (QED) is 0.854. The third-order valence-electron chi connectivity index (χ3n) is 4.50. The first-order valence-electron chi connectivity index (χ1n) is 8.30. The lowest BCUT2D eigenvalue weighted by Crippen LogP contribution is -2.37. The van der Waals surface area contributed by atoms with Crippen LogP contribution in [0.4, 0.5) is 0 Å². The smallest absolute Gasteiger partial charge is 0.00821 e. The van der Waals surface area contributed by atoms with Gasteiger partial charge in [-0.2, -0.15) is 0 Å². The molecule has 2 nitrogen and oxygen atoms in total. The van der Waals surface area contributed by atoms with Crippen molar-refractivity contribution in [2.45, 2.75) is 58.0 Å². The lowest BCUT2D eigenvalue weighted by molar-refractivity contribution is 0.295. The van der Waals surface area contributed by atoms with E-state index in [1.54, 1.807) is 0 Å². The van der Waals surface area contributed by atoms with Gasteiger partial charge in [-0.05, 0) is 64.2 Å². The van der Waals surface area contributed by atoms with Crippen LogP contribution in [0.1, 0.15) is 45.1 Å². The number of hydrogen-bond donors (Lipinski definition) is 1. The number of nitrogens with one attached hydrogen (secondary N) is 1. The molecule has 1 aliphatic heterocycles. The molecule has 0 spiro atoms. The maximum Gasteiger partial charge on any atom is 0.00821 e. The normalized spacial score (nSPS) is 22.4. The predicted octanol–water partition coefficient (Wildman–Crippen LogP) is 3.47. The van der Waals surface area contributed by atoms with E-state index in [-0.39, 0.29) is 0 Å². The van der Waals surface area contributed by atoms with Crippen LogP contribution >= 0.6 is 0 Å². The SMILES string of the molecule is CCN1CCCC(NC(C)CCc2ccccc2)CC1. The number of rotatable bonds is 6. The largest absolute Gasteiger partial charge is 0.311 e. The highest BCUT2D eigenvalue weighted by Crippen LogP contribution is 2.13. The second kappa shape index (κ2) is 8.43. The van der Waals surface area contributed by atoms with Crippen molar-refractivity contribution in [1.29, 1.82) is 0 Å². The van der Waals surface area contributed by atoms with Gasteiger partial charge in [0.15, 0.2) is 0 Å². The standard InChI is InChI=1S/C18H30N2/c1-3-20-14-7-10-18(13-15-20)19-16(2)11-12-17-8-5-4-6-9-17/h4-6,8-9,16,18-19H,3,7,10-15H2,1-2H3. The Labute approximate surface area is 124 Å². The van der Waals surface area contributed by atoms with Crippen LogP contribution < -0.4 is 5.32 Å². The Kier molecular flexibility index (Phi) is 6.55. The van der Waals surface area contributed by atoms with E-state index in [4.69, 9.17) is 0 Å². The summed E-state index contributed by atoms with van der Waals surface area (Å²) in [5.74, 6) is 0. The first-order valence-corrected chi connectivity index (χ1v) is 8.30. The Morgan fingerprint density at radius 1 is 1.20 bits per heavy atom. The summed E-state index contributed by atoms with van der Waals surface area (Å²) in [6.45, 7) is 8.37. The molecule has 1 heterocycles. The molecule has 1 aromatic carbocycles. The molecule has 0 aromatic heterocycles. The summed E-state index contributed by atoms with van der Waals surface area (Å²) in [4.78, 5) is 2.58. The van der Waals surface area contributed by atoms with E-state index in [0.29, 0.717) is 6.04 Å². The lowest BCUT2D eigenvalue weighted by Gasteiger charge is -2.22. The van der Waals surface area contributed by atoms with Crippen molar-refractivity contribution in [1.82, 2.24) is 10.2 Å². The van der Waals surface area contributed by atoms with E-state index in [1.165, 1.54) is 57.3 Å². The average Bonchev–Trinajstić information content (AvgIpc) is 2.71. The number of hydrogen-bond acceptors (Lipinski definition) is 2. The van der Waals surface area contributed by atoms with Gasteiger partial charge in [-0.3, -0.25) is 0 Å². The first kappa shape index (κ1) is 15.5. The summed E-state index contributed by atoms with van der Waals surface area (Å²) in [7, 11) is 0. The van der Waals surface area contributed by atoms with Crippen LogP contribution in [0.25, 0.3) is 0 Å². The summed E-state index contributed by atoms with van der Waals surface area (Å²) < 4.78 is 0. The van der Waals surface area contributed by atoms with Crippen LogP contribution in [0.3, 0.4) is 0 Å². The van der Waals surface area contributed by atoms with Gasteiger partial charge in [0.25, 0.3) is 0 Å². The van der Waals surface area contributed by atoms with Crippen LogP contribution in [0.2, 0.25) is 0 Å². The van der Waals surface area contributed by atoms with Gasteiger partial charge in [-0.1, -0.05) is 37.3 Å². The highest BCUT2D eigenvalue weighted by atomic mass is 15.1. The molecule has 0 radical (unpaired) electrons. The Hall–Kier alpha value is -0.860. The van der Waals surface area contributed by atoms with E-state index in [1.807, 2.05) is 0 Å². The van der Waals surface area contributed by atoms with Gasteiger partial charge in [0.05, 0.1) is 0 Å². The maximum atomic E-state index is 3.85. The minimum atomic E-state index is 0.619. The molecular formula is C18H30N2. The van der Waals surface area contributed by atoms with Gasteiger partial charge in [0.2, 0.25) is 0 Å². The predicted molar refractivity (Wildman–Crippen MR) is 87.1 cm³/mol. The zero-order chi connectivity index (χ0) is 14.2. The second-order valence-corrected chi connectivity index (χ2v) is 6.15. The van der Waals surface area contributed by atoms with Crippen molar-refractivity contribution in [3.05, 3.63) is 35.9 Å². The van der Waals surface area contributed by atoms with Crippen molar-refractivity contribution in [3.8, 4) is 0 Å². The molecule has 1 aliphatic rings. The molecule has 1 fully saturated rings. The van der Waals surface area contributed by atoms with Crippen LogP contribution in [0.15, 0.2) is 30.3 Å². The number of aryl methyl sites for hydroxylation is 1. The first-order chi connectivity index (χ1) is 9.78. The summed E-state index contributed by atoms with van der Waals surface area (Å²) in [5, 5.41) is 3.85. The van der Waals surface area contributed by atoms with Crippen LogP contribution in [0, 0.1) is 0 Å². The fourth-order valence-electron chi connectivity index (χ4n) is 3.15. The van der Waals surface area contributed by atoms with Crippen molar-refractivity contribution < 1.29 is 0 Å². The highest BCUT2D eigenvalue weighted by molar-refractivity contribution is 5.14. The molecule has 1 saturated heterocycles. The molecule has 2 rings (SSSR count). The van der Waals surface area contributed by atoms with Gasteiger partial charge >= 0.3 is 0 Å². The molecule has 112 valence electrons. The van der Waals surface area contributed by atoms with Crippen molar-refractivity contribution >= 4 is 0 Å².